The van der Waals surface area contributed by atoms with Gasteiger partial charge in [0.2, 0.25) is 0 Å². The molecule has 3 aromatic carbocycles. The minimum Gasteiger partial charge on any atom is -0.484 e. The quantitative estimate of drug-likeness (QED) is 0.143. The van der Waals surface area contributed by atoms with Gasteiger partial charge in [-0.05, 0) is 61.9 Å². The first-order chi connectivity index (χ1) is 18.4. The van der Waals surface area contributed by atoms with Gasteiger partial charge in [0, 0.05) is 33.8 Å². The summed E-state index contributed by atoms with van der Waals surface area (Å²) >= 11 is 1.52. The second kappa shape index (κ2) is 12.6. The van der Waals surface area contributed by atoms with E-state index in [0.29, 0.717) is 33.3 Å². The van der Waals surface area contributed by atoms with E-state index in [1.807, 2.05) is 38.1 Å². The van der Waals surface area contributed by atoms with Crippen LogP contribution in [-0.2, 0) is 10.5 Å². The van der Waals surface area contributed by atoms with E-state index in [1.54, 1.807) is 60.7 Å². The number of benzene rings is 3. The molecule has 4 rings (SSSR count). The lowest BCUT2D eigenvalue weighted by atomic mass is 10.0. The molecule has 0 aliphatic carbocycles. The molecule has 1 aromatic heterocycles. The summed E-state index contributed by atoms with van der Waals surface area (Å²) in [5, 5.41) is 0.714. The highest BCUT2D eigenvalue weighted by Gasteiger charge is 2.11. The first-order valence-electron chi connectivity index (χ1n) is 11.8. The van der Waals surface area contributed by atoms with Crippen molar-refractivity contribution in [2.24, 2.45) is 0 Å². The van der Waals surface area contributed by atoms with Gasteiger partial charge in [-0.25, -0.2) is 9.97 Å². The van der Waals surface area contributed by atoms with Crippen LogP contribution in [0.5, 0.6) is 5.75 Å². The summed E-state index contributed by atoms with van der Waals surface area (Å²) in [5.41, 5.74) is 9.09. The average molecular weight is 527 g/mol. The third-order valence-electron chi connectivity index (χ3n) is 5.38. The van der Waals surface area contributed by atoms with Gasteiger partial charge in [-0.3, -0.25) is 25.2 Å². The van der Waals surface area contributed by atoms with Crippen LogP contribution in [0.1, 0.15) is 43.2 Å². The zero-order chi connectivity index (χ0) is 26.9. The van der Waals surface area contributed by atoms with Crippen molar-refractivity contribution in [1.82, 2.24) is 20.8 Å². The Morgan fingerprint density at radius 3 is 2.03 bits per heavy atom. The number of aryl methyl sites for hydroxylation is 2. The van der Waals surface area contributed by atoms with E-state index >= 15 is 0 Å². The Labute approximate surface area is 224 Å². The van der Waals surface area contributed by atoms with Crippen molar-refractivity contribution < 1.29 is 19.1 Å². The molecule has 0 aliphatic rings. The van der Waals surface area contributed by atoms with Crippen molar-refractivity contribution in [1.29, 1.82) is 0 Å². The topological polar surface area (TPSA) is 110 Å². The molecule has 0 atom stereocenters. The molecule has 0 unspecified atom stereocenters. The standard InChI is InChI=1S/C29H26N4O4S/c1-19-16-20(2)31-29(30-19)38-18-21-8-10-24(11-9-21)28(36)33-32-26(34)17-37-25-14-12-23(13-15-25)27(35)22-6-4-3-5-7-22/h3-16H,17-18H2,1-2H3,(H,32,34)(H,33,36). The number of ether oxygens (including phenoxy) is 1. The summed E-state index contributed by atoms with van der Waals surface area (Å²) in [4.78, 5) is 45.8. The van der Waals surface area contributed by atoms with Gasteiger partial charge >= 0.3 is 0 Å². The Hall–Kier alpha value is -4.50. The molecule has 0 aliphatic heterocycles. The Balaban J connectivity index is 1.20. The van der Waals surface area contributed by atoms with Gasteiger partial charge in [-0.1, -0.05) is 54.2 Å². The maximum absolute atomic E-state index is 12.5. The number of carbonyl (C=O) groups is 3. The van der Waals surface area contributed by atoms with Crippen LogP contribution in [-0.4, -0.2) is 34.2 Å². The maximum atomic E-state index is 12.5. The molecule has 4 aromatic rings. The first kappa shape index (κ1) is 26.6. The average Bonchev–Trinajstić information content (AvgIpc) is 2.94. The fourth-order valence-corrected chi connectivity index (χ4v) is 4.41. The highest BCUT2D eigenvalue weighted by molar-refractivity contribution is 7.98. The van der Waals surface area contributed by atoms with Crippen LogP contribution in [0.3, 0.4) is 0 Å². The van der Waals surface area contributed by atoms with Crippen LogP contribution < -0.4 is 15.6 Å². The molecule has 0 saturated heterocycles. The van der Waals surface area contributed by atoms with E-state index in [9.17, 15) is 14.4 Å². The van der Waals surface area contributed by atoms with E-state index in [1.165, 1.54) is 11.8 Å². The monoisotopic (exact) mass is 526 g/mol. The summed E-state index contributed by atoms with van der Waals surface area (Å²) in [6.45, 7) is 3.57. The fraction of sp³-hybridized carbons (Fsp3) is 0.138. The summed E-state index contributed by atoms with van der Waals surface area (Å²) in [5.74, 6) is 0.0269. The maximum Gasteiger partial charge on any atom is 0.276 e. The lowest BCUT2D eigenvalue weighted by Gasteiger charge is -2.10. The molecule has 1 heterocycles. The Kier molecular flexibility index (Phi) is 8.84. The Morgan fingerprint density at radius 2 is 1.37 bits per heavy atom. The summed E-state index contributed by atoms with van der Waals surface area (Å²) < 4.78 is 5.45. The van der Waals surface area contributed by atoms with Crippen LogP contribution in [0.2, 0.25) is 0 Å². The molecule has 0 radical (unpaired) electrons. The van der Waals surface area contributed by atoms with Crippen molar-refractivity contribution in [3.05, 3.63) is 119 Å². The van der Waals surface area contributed by atoms with E-state index in [-0.39, 0.29) is 12.4 Å². The second-order valence-electron chi connectivity index (χ2n) is 8.43. The van der Waals surface area contributed by atoms with Gasteiger partial charge in [0.25, 0.3) is 11.8 Å². The van der Waals surface area contributed by atoms with Crippen molar-refractivity contribution in [3.63, 3.8) is 0 Å². The minimum absolute atomic E-state index is 0.0974. The fourth-order valence-electron chi connectivity index (χ4n) is 3.50. The molecule has 0 spiro atoms. The molecule has 0 fully saturated rings. The van der Waals surface area contributed by atoms with Crippen molar-refractivity contribution in [3.8, 4) is 5.75 Å². The lowest BCUT2D eigenvalue weighted by Crippen LogP contribution is -2.43. The lowest BCUT2D eigenvalue weighted by molar-refractivity contribution is -0.123. The molecule has 38 heavy (non-hydrogen) atoms. The molecule has 0 bridgehead atoms. The molecule has 192 valence electrons. The molecule has 2 amide bonds. The Bertz CT molecular complexity index is 1410. The number of rotatable bonds is 9. The van der Waals surface area contributed by atoms with E-state index in [0.717, 1.165) is 17.0 Å². The number of nitrogens with zero attached hydrogens (tertiary/aromatic N) is 2. The largest absolute Gasteiger partial charge is 0.484 e. The van der Waals surface area contributed by atoms with E-state index < -0.39 is 11.8 Å². The number of hydrogen-bond donors (Lipinski definition) is 2. The van der Waals surface area contributed by atoms with Crippen LogP contribution in [0.15, 0.2) is 90.1 Å². The molecular formula is C29H26N4O4S. The molecule has 2 N–H and O–H groups in total. The van der Waals surface area contributed by atoms with Gasteiger partial charge in [0.1, 0.15) is 5.75 Å². The summed E-state index contributed by atoms with van der Waals surface area (Å²) in [6.07, 6.45) is 0. The van der Waals surface area contributed by atoms with Gasteiger partial charge in [0.15, 0.2) is 17.5 Å². The molecule has 8 nitrogen and oxygen atoms in total. The van der Waals surface area contributed by atoms with E-state index in [4.69, 9.17) is 4.74 Å². The van der Waals surface area contributed by atoms with Crippen molar-refractivity contribution in [2.45, 2.75) is 24.8 Å². The minimum atomic E-state index is -0.524. The Morgan fingerprint density at radius 1 is 0.763 bits per heavy atom. The van der Waals surface area contributed by atoms with Crippen molar-refractivity contribution in [2.75, 3.05) is 6.61 Å². The van der Waals surface area contributed by atoms with E-state index in [2.05, 4.69) is 20.8 Å². The summed E-state index contributed by atoms with van der Waals surface area (Å²) in [7, 11) is 0. The molecular weight excluding hydrogens is 500 g/mol. The number of thioether (sulfide) groups is 1. The zero-order valence-electron chi connectivity index (χ0n) is 20.9. The number of aromatic nitrogens is 2. The number of nitrogens with one attached hydrogen (secondary N) is 2. The highest BCUT2D eigenvalue weighted by Crippen LogP contribution is 2.20. The van der Waals surface area contributed by atoms with Gasteiger partial charge in [-0.15, -0.1) is 0 Å². The normalized spacial score (nSPS) is 10.5. The number of hydrazine groups is 1. The second-order valence-corrected chi connectivity index (χ2v) is 9.37. The third kappa shape index (κ3) is 7.50. The third-order valence-corrected chi connectivity index (χ3v) is 6.30. The smallest absolute Gasteiger partial charge is 0.276 e. The predicted molar refractivity (Wildman–Crippen MR) is 145 cm³/mol. The predicted octanol–water partition coefficient (Wildman–Crippen LogP) is 4.46. The molecule has 0 saturated carbocycles. The SMILES string of the molecule is Cc1cc(C)nc(SCc2ccc(C(=O)NNC(=O)COc3ccc(C(=O)c4ccccc4)cc3)cc2)n1. The number of amides is 2. The van der Waals surface area contributed by atoms with Crippen LogP contribution in [0, 0.1) is 13.8 Å². The van der Waals surface area contributed by atoms with Gasteiger partial charge in [0.05, 0.1) is 0 Å². The van der Waals surface area contributed by atoms with Gasteiger partial charge < -0.3 is 4.74 Å². The van der Waals surface area contributed by atoms with Crippen LogP contribution in [0.4, 0.5) is 0 Å². The first-order valence-corrected chi connectivity index (χ1v) is 12.8. The number of ketones is 1. The summed E-state index contributed by atoms with van der Waals surface area (Å²) in [6, 6.07) is 24.5. The number of hydrogen-bond acceptors (Lipinski definition) is 7. The highest BCUT2D eigenvalue weighted by atomic mass is 32.2. The number of carbonyl (C=O) groups excluding carboxylic acids is 3. The van der Waals surface area contributed by atoms with Gasteiger partial charge in [-0.2, -0.15) is 0 Å². The van der Waals surface area contributed by atoms with Crippen LogP contribution >= 0.6 is 11.8 Å². The van der Waals surface area contributed by atoms with Crippen LogP contribution in [0.25, 0.3) is 0 Å². The zero-order valence-corrected chi connectivity index (χ0v) is 21.7. The molecule has 9 heteroatoms. The van der Waals surface area contributed by atoms with Crippen molar-refractivity contribution >= 4 is 29.4 Å².